The molecule has 0 heterocycles. The molecule has 0 aliphatic carbocycles. The van der Waals surface area contributed by atoms with Gasteiger partial charge in [0.05, 0.1) is 0 Å². The molecular formula is C11H11ClO2. The van der Waals surface area contributed by atoms with Crippen LogP contribution in [-0.2, 0) is 4.79 Å². The third kappa shape index (κ3) is 4.10. The number of hydrogen-bond acceptors (Lipinski definition) is 1. The smallest absolute Gasteiger partial charge is 0.303 e. The van der Waals surface area contributed by atoms with E-state index in [9.17, 15) is 4.79 Å². The summed E-state index contributed by atoms with van der Waals surface area (Å²) in [4.78, 5) is 10.2. The fourth-order valence-corrected chi connectivity index (χ4v) is 1.13. The first-order valence-corrected chi connectivity index (χ1v) is 4.70. The lowest BCUT2D eigenvalue weighted by molar-refractivity contribution is -0.136. The van der Waals surface area contributed by atoms with E-state index in [1.165, 1.54) is 0 Å². The Labute approximate surface area is 87.8 Å². The van der Waals surface area contributed by atoms with Crippen molar-refractivity contribution in [3.63, 3.8) is 0 Å². The van der Waals surface area contributed by atoms with Gasteiger partial charge >= 0.3 is 5.97 Å². The van der Waals surface area contributed by atoms with Crippen molar-refractivity contribution in [3.05, 3.63) is 40.9 Å². The summed E-state index contributed by atoms with van der Waals surface area (Å²) in [5.41, 5.74) is 1.03. The lowest BCUT2D eigenvalue weighted by Crippen LogP contribution is -1.91. The van der Waals surface area contributed by atoms with Crippen LogP contribution in [0, 0.1) is 0 Å². The minimum absolute atomic E-state index is 0.171. The van der Waals surface area contributed by atoms with Crippen LogP contribution in [0.25, 0.3) is 6.08 Å². The average Bonchev–Trinajstić information content (AvgIpc) is 2.15. The summed E-state index contributed by atoms with van der Waals surface area (Å²) in [5.74, 6) is -0.772. The van der Waals surface area contributed by atoms with E-state index < -0.39 is 5.97 Å². The number of carbonyl (C=O) groups is 1. The lowest BCUT2D eigenvalue weighted by Gasteiger charge is -1.93. The van der Waals surface area contributed by atoms with Gasteiger partial charge in [0.15, 0.2) is 0 Å². The highest BCUT2D eigenvalue weighted by Crippen LogP contribution is 2.10. The van der Waals surface area contributed by atoms with Crippen LogP contribution in [-0.4, -0.2) is 11.1 Å². The molecule has 2 nitrogen and oxygen atoms in total. The molecule has 0 saturated heterocycles. The van der Waals surface area contributed by atoms with Crippen LogP contribution in [0.15, 0.2) is 30.3 Å². The molecule has 0 aromatic heterocycles. The molecule has 3 heteroatoms. The molecule has 14 heavy (non-hydrogen) atoms. The van der Waals surface area contributed by atoms with Crippen LogP contribution in [0.2, 0.25) is 5.02 Å². The van der Waals surface area contributed by atoms with Crippen molar-refractivity contribution in [2.45, 2.75) is 12.8 Å². The van der Waals surface area contributed by atoms with E-state index >= 15 is 0 Å². The summed E-state index contributed by atoms with van der Waals surface area (Å²) in [7, 11) is 0. The van der Waals surface area contributed by atoms with Gasteiger partial charge in [-0.05, 0) is 24.1 Å². The lowest BCUT2D eigenvalue weighted by atomic mass is 10.2. The van der Waals surface area contributed by atoms with Crippen LogP contribution in [0.5, 0.6) is 0 Å². The van der Waals surface area contributed by atoms with E-state index in [0.717, 1.165) is 5.56 Å². The highest BCUT2D eigenvalue weighted by molar-refractivity contribution is 6.30. The first-order valence-electron chi connectivity index (χ1n) is 4.32. The van der Waals surface area contributed by atoms with E-state index in [2.05, 4.69) is 0 Å². The van der Waals surface area contributed by atoms with Gasteiger partial charge in [0.1, 0.15) is 0 Å². The molecule has 74 valence electrons. The predicted octanol–water partition coefficient (Wildman–Crippen LogP) is 3.22. The Balaban J connectivity index is 2.44. The molecule has 0 bridgehead atoms. The molecule has 1 aromatic carbocycles. The van der Waals surface area contributed by atoms with Gasteiger partial charge in [-0.2, -0.15) is 0 Å². The van der Waals surface area contributed by atoms with Crippen molar-refractivity contribution in [2.24, 2.45) is 0 Å². The maximum Gasteiger partial charge on any atom is 0.303 e. The molecular weight excluding hydrogens is 200 g/mol. The van der Waals surface area contributed by atoms with Gasteiger partial charge in [-0.15, -0.1) is 0 Å². The van der Waals surface area contributed by atoms with Gasteiger partial charge in [0.25, 0.3) is 0 Å². The Bertz CT molecular complexity index is 328. The molecule has 0 aliphatic heterocycles. The molecule has 1 aromatic rings. The van der Waals surface area contributed by atoms with Crippen molar-refractivity contribution in [1.29, 1.82) is 0 Å². The maximum absolute atomic E-state index is 10.2. The monoisotopic (exact) mass is 210 g/mol. The summed E-state index contributed by atoms with van der Waals surface area (Å²) in [6.07, 6.45) is 4.46. The van der Waals surface area contributed by atoms with Crippen molar-refractivity contribution in [2.75, 3.05) is 0 Å². The topological polar surface area (TPSA) is 37.3 Å². The first-order chi connectivity index (χ1) is 6.68. The Kier molecular flexibility index (Phi) is 4.20. The fraction of sp³-hybridized carbons (Fsp3) is 0.182. The molecule has 0 radical (unpaired) electrons. The Morgan fingerprint density at radius 1 is 1.36 bits per heavy atom. The zero-order valence-electron chi connectivity index (χ0n) is 7.61. The molecule has 0 amide bonds. The minimum Gasteiger partial charge on any atom is -0.481 e. The zero-order chi connectivity index (χ0) is 10.4. The number of rotatable bonds is 4. The van der Waals surface area contributed by atoms with E-state index in [-0.39, 0.29) is 6.42 Å². The summed E-state index contributed by atoms with van der Waals surface area (Å²) in [6, 6.07) is 7.38. The van der Waals surface area contributed by atoms with E-state index in [1.54, 1.807) is 12.1 Å². The van der Waals surface area contributed by atoms with Gasteiger partial charge < -0.3 is 5.11 Å². The highest BCUT2D eigenvalue weighted by Gasteiger charge is 1.92. The van der Waals surface area contributed by atoms with Gasteiger partial charge in [-0.25, -0.2) is 0 Å². The van der Waals surface area contributed by atoms with Gasteiger partial charge in [0.2, 0.25) is 0 Å². The van der Waals surface area contributed by atoms with Gasteiger partial charge in [-0.3, -0.25) is 4.79 Å². The van der Waals surface area contributed by atoms with Gasteiger partial charge in [-0.1, -0.05) is 35.9 Å². The molecule has 0 atom stereocenters. The van der Waals surface area contributed by atoms with Crippen molar-refractivity contribution < 1.29 is 9.90 Å². The Morgan fingerprint density at radius 2 is 2.00 bits per heavy atom. The van der Waals surface area contributed by atoms with E-state index in [4.69, 9.17) is 16.7 Å². The minimum atomic E-state index is -0.772. The Hall–Kier alpha value is -1.28. The molecule has 0 fully saturated rings. The molecule has 0 aliphatic rings. The predicted molar refractivity (Wildman–Crippen MR) is 57.4 cm³/mol. The second kappa shape index (κ2) is 5.45. The van der Waals surface area contributed by atoms with E-state index in [0.29, 0.717) is 11.4 Å². The number of aliphatic carboxylic acids is 1. The summed E-state index contributed by atoms with van der Waals surface area (Å²) >= 11 is 5.71. The molecule has 1 rings (SSSR count). The van der Waals surface area contributed by atoms with Gasteiger partial charge in [0, 0.05) is 11.4 Å². The normalized spacial score (nSPS) is 10.6. The largest absolute Gasteiger partial charge is 0.481 e. The summed E-state index contributed by atoms with van der Waals surface area (Å²) < 4.78 is 0. The zero-order valence-corrected chi connectivity index (χ0v) is 8.37. The molecule has 0 unspecified atom stereocenters. The molecule has 1 N–H and O–H groups in total. The quantitative estimate of drug-likeness (QED) is 0.829. The third-order valence-electron chi connectivity index (χ3n) is 1.71. The SMILES string of the molecule is O=C(O)CCC=Cc1ccc(Cl)cc1. The summed E-state index contributed by atoms with van der Waals surface area (Å²) in [6.45, 7) is 0. The van der Waals surface area contributed by atoms with Crippen molar-refractivity contribution in [1.82, 2.24) is 0 Å². The second-order valence-corrected chi connectivity index (χ2v) is 3.32. The van der Waals surface area contributed by atoms with Crippen LogP contribution >= 0.6 is 11.6 Å². The third-order valence-corrected chi connectivity index (χ3v) is 1.96. The highest BCUT2D eigenvalue weighted by atomic mass is 35.5. The first kappa shape index (κ1) is 10.8. The van der Waals surface area contributed by atoms with Crippen LogP contribution in [0.4, 0.5) is 0 Å². The van der Waals surface area contributed by atoms with Crippen molar-refractivity contribution >= 4 is 23.6 Å². The number of hydrogen-bond donors (Lipinski definition) is 1. The maximum atomic E-state index is 10.2. The number of benzene rings is 1. The number of halogens is 1. The van der Waals surface area contributed by atoms with E-state index in [1.807, 2.05) is 24.3 Å². The van der Waals surface area contributed by atoms with Crippen LogP contribution in [0.3, 0.4) is 0 Å². The second-order valence-electron chi connectivity index (χ2n) is 2.89. The Morgan fingerprint density at radius 3 is 2.57 bits per heavy atom. The number of carboxylic acid groups (broad SMARTS) is 1. The molecule has 0 spiro atoms. The van der Waals surface area contributed by atoms with Crippen molar-refractivity contribution in [3.8, 4) is 0 Å². The molecule has 0 saturated carbocycles. The van der Waals surface area contributed by atoms with Crippen LogP contribution < -0.4 is 0 Å². The fourth-order valence-electron chi connectivity index (χ4n) is 1.00. The van der Waals surface area contributed by atoms with Crippen LogP contribution in [0.1, 0.15) is 18.4 Å². The average molecular weight is 211 g/mol. The number of allylic oxidation sites excluding steroid dienone is 1. The standard InChI is InChI=1S/C11H11ClO2/c12-10-7-5-9(6-8-10)3-1-2-4-11(13)14/h1,3,5-8H,2,4H2,(H,13,14). The number of carboxylic acids is 1. The summed E-state index contributed by atoms with van der Waals surface area (Å²) in [5, 5.41) is 9.10.